The highest BCUT2D eigenvalue weighted by Crippen LogP contribution is 2.17. The first-order valence-electron chi connectivity index (χ1n) is 6.15. The molecule has 0 radical (unpaired) electrons. The van der Waals surface area contributed by atoms with Crippen molar-refractivity contribution in [2.75, 3.05) is 7.11 Å². The minimum atomic E-state index is 0.668. The number of para-hydroxylation sites is 1. The van der Waals surface area contributed by atoms with Gasteiger partial charge in [-0.2, -0.15) is 5.26 Å². The largest absolute Gasteiger partial charge is 0.496 e. The van der Waals surface area contributed by atoms with E-state index in [1.54, 1.807) is 7.11 Å². The van der Waals surface area contributed by atoms with Crippen LogP contribution < -0.4 is 10.1 Å². The molecule has 0 spiro atoms. The second-order valence-corrected chi connectivity index (χ2v) is 4.18. The molecule has 0 heterocycles. The van der Waals surface area contributed by atoms with E-state index in [0.717, 1.165) is 22.4 Å². The Balaban J connectivity index is 1.99. The van der Waals surface area contributed by atoms with Gasteiger partial charge in [-0.05, 0) is 17.7 Å². The predicted octanol–water partition coefficient (Wildman–Crippen LogP) is 2.86. The number of benzene rings is 2. The molecule has 0 unspecified atom stereocenters. The monoisotopic (exact) mass is 252 g/mol. The van der Waals surface area contributed by atoms with Gasteiger partial charge in [-0.15, -0.1) is 0 Å². The Morgan fingerprint density at radius 3 is 2.37 bits per heavy atom. The standard InChI is InChI=1S/C16H16N2O/c1-19-16-9-5-4-8-15(16)12-18-11-14-7-3-2-6-13(14)10-17/h2-9,18H,11-12H2,1H3. The molecule has 0 aliphatic rings. The number of hydrogen-bond acceptors (Lipinski definition) is 3. The first-order valence-corrected chi connectivity index (χ1v) is 6.15. The van der Waals surface area contributed by atoms with Gasteiger partial charge in [-0.25, -0.2) is 0 Å². The van der Waals surface area contributed by atoms with E-state index in [1.165, 1.54) is 0 Å². The lowest BCUT2D eigenvalue weighted by Crippen LogP contribution is -2.14. The van der Waals surface area contributed by atoms with Crippen LogP contribution in [0.3, 0.4) is 0 Å². The summed E-state index contributed by atoms with van der Waals surface area (Å²) < 4.78 is 5.30. The number of methoxy groups -OCH3 is 1. The van der Waals surface area contributed by atoms with Crippen LogP contribution >= 0.6 is 0 Å². The molecule has 0 saturated carbocycles. The summed E-state index contributed by atoms with van der Waals surface area (Å²) in [4.78, 5) is 0. The van der Waals surface area contributed by atoms with Gasteiger partial charge in [0.25, 0.3) is 0 Å². The van der Waals surface area contributed by atoms with Gasteiger partial charge >= 0.3 is 0 Å². The molecule has 0 bridgehead atoms. The first-order chi connectivity index (χ1) is 9.35. The van der Waals surface area contributed by atoms with Gasteiger partial charge in [0.05, 0.1) is 18.7 Å². The highest BCUT2D eigenvalue weighted by molar-refractivity contribution is 5.37. The van der Waals surface area contributed by atoms with Crippen LogP contribution in [0.15, 0.2) is 48.5 Å². The average Bonchev–Trinajstić information content (AvgIpc) is 2.48. The fourth-order valence-corrected chi connectivity index (χ4v) is 1.96. The maximum Gasteiger partial charge on any atom is 0.123 e. The van der Waals surface area contributed by atoms with Crippen molar-refractivity contribution in [3.63, 3.8) is 0 Å². The molecule has 1 N–H and O–H groups in total. The Bertz CT molecular complexity index is 587. The summed E-state index contributed by atoms with van der Waals surface area (Å²) in [5.74, 6) is 0.878. The van der Waals surface area contributed by atoms with Gasteiger partial charge in [0.2, 0.25) is 0 Å². The third kappa shape index (κ3) is 3.34. The lowest BCUT2D eigenvalue weighted by Gasteiger charge is -2.10. The topological polar surface area (TPSA) is 45.0 Å². The van der Waals surface area contributed by atoms with Crippen molar-refractivity contribution in [1.29, 1.82) is 5.26 Å². The lowest BCUT2D eigenvalue weighted by atomic mass is 10.1. The Kier molecular flexibility index (Phi) is 4.54. The van der Waals surface area contributed by atoms with Crippen molar-refractivity contribution >= 4 is 0 Å². The lowest BCUT2D eigenvalue weighted by molar-refractivity contribution is 0.407. The molecule has 2 aromatic carbocycles. The van der Waals surface area contributed by atoms with Crippen molar-refractivity contribution in [3.05, 3.63) is 65.2 Å². The second-order valence-electron chi connectivity index (χ2n) is 4.18. The van der Waals surface area contributed by atoms with Crippen LogP contribution in [0.1, 0.15) is 16.7 Å². The van der Waals surface area contributed by atoms with Crippen LogP contribution in [-0.4, -0.2) is 7.11 Å². The van der Waals surface area contributed by atoms with Crippen molar-refractivity contribution in [2.24, 2.45) is 0 Å². The van der Waals surface area contributed by atoms with Gasteiger partial charge < -0.3 is 10.1 Å². The molecule has 2 rings (SSSR count). The van der Waals surface area contributed by atoms with Crippen LogP contribution in [0.2, 0.25) is 0 Å². The number of nitrogens with zero attached hydrogens (tertiary/aromatic N) is 1. The van der Waals surface area contributed by atoms with E-state index >= 15 is 0 Å². The predicted molar refractivity (Wildman–Crippen MR) is 74.7 cm³/mol. The van der Waals surface area contributed by atoms with Gasteiger partial charge in [-0.1, -0.05) is 36.4 Å². The summed E-state index contributed by atoms with van der Waals surface area (Å²) in [6, 6.07) is 17.7. The summed E-state index contributed by atoms with van der Waals surface area (Å²) in [6.07, 6.45) is 0. The summed E-state index contributed by atoms with van der Waals surface area (Å²) in [5.41, 5.74) is 2.84. The van der Waals surface area contributed by atoms with Crippen molar-refractivity contribution in [2.45, 2.75) is 13.1 Å². The molecule has 0 atom stereocenters. The van der Waals surface area contributed by atoms with E-state index in [9.17, 15) is 0 Å². The highest BCUT2D eigenvalue weighted by Gasteiger charge is 2.03. The molecule has 19 heavy (non-hydrogen) atoms. The van der Waals surface area contributed by atoms with E-state index in [2.05, 4.69) is 11.4 Å². The van der Waals surface area contributed by atoms with Gasteiger partial charge in [0, 0.05) is 18.7 Å². The Hall–Kier alpha value is -2.31. The first kappa shape index (κ1) is 13.1. The fourth-order valence-electron chi connectivity index (χ4n) is 1.96. The van der Waals surface area contributed by atoms with E-state index < -0.39 is 0 Å². The third-order valence-corrected chi connectivity index (χ3v) is 2.96. The zero-order valence-corrected chi connectivity index (χ0v) is 10.9. The number of nitriles is 1. The van der Waals surface area contributed by atoms with E-state index in [0.29, 0.717) is 13.1 Å². The molecule has 0 fully saturated rings. The zero-order chi connectivity index (χ0) is 13.5. The maximum absolute atomic E-state index is 9.02. The molecule has 3 nitrogen and oxygen atoms in total. The number of rotatable bonds is 5. The molecule has 0 aliphatic carbocycles. The van der Waals surface area contributed by atoms with Gasteiger partial charge in [-0.3, -0.25) is 0 Å². The molecular weight excluding hydrogens is 236 g/mol. The van der Waals surface area contributed by atoms with Crippen LogP contribution in [0.25, 0.3) is 0 Å². The third-order valence-electron chi connectivity index (χ3n) is 2.96. The smallest absolute Gasteiger partial charge is 0.123 e. The highest BCUT2D eigenvalue weighted by atomic mass is 16.5. The molecule has 2 aromatic rings. The number of ether oxygens (including phenoxy) is 1. The van der Waals surface area contributed by atoms with E-state index in [1.807, 2.05) is 48.5 Å². The van der Waals surface area contributed by atoms with Crippen LogP contribution in [-0.2, 0) is 13.1 Å². The van der Waals surface area contributed by atoms with E-state index in [-0.39, 0.29) is 0 Å². The van der Waals surface area contributed by atoms with Crippen LogP contribution in [0.5, 0.6) is 5.75 Å². The summed E-state index contributed by atoms with van der Waals surface area (Å²) in [7, 11) is 1.67. The van der Waals surface area contributed by atoms with Crippen LogP contribution in [0, 0.1) is 11.3 Å². The normalized spacial score (nSPS) is 9.89. The molecule has 0 saturated heterocycles. The minimum absolute atomic E-state index is 0.668. The second kappa shape index (κ2) is 6.58. The van der Waals surface area contributed by atoms with Crippen molar-refractivity contribution in [3.8, 4) is 11.8 Å². The summed E-state index contributed by atoms with van der Waals surface area (Å²) in [6.45, 7) is 1.38. The minimum Gasteiger partial charge on any atom is -0.496 e. The molecule has 0 aliphatic heterocycles. The molecule has 0 aromatic heterocycles. The molecule has 3 heteroatoms. The fraction of sp³-hybridized carbons (Fsp3) is 0.188. The van der Waals surface area contributed by atoms with Gasteiger partial charge in [0.1, 0.15) is 5.75 Å². The Labute approximate surface area is 113 Å². The quantitative estimate of drug-likeness (QED) is 0.890. The number of nitrogens with one attached hydrogen (secondary N) is 1. The Morgan fingerprint density at radius 2 is 1.63 bits per heavy atom. The Morgan fingerprint density at radius 1 is 1.00 bits per heavy atom. The number of hydrogen-bond donors (Lipinski definition) is 1. The van der Waals surface area contributed by atoms with Gasteiger partial charge in [0.15, 0.2) is 0 Å². The van der Waals surface area contributed by atoms with E-state index in [4.69, 9.17) is 10.00 Å². The summed E-state index contributed by atoms with van der Waals surface area (Å²) >= 11 is 0. The maximum atomic E-state index is 9.02. The summed E-state index contributed by atoms with van der Waals surface area (Å²) in [5, 5.41) is 12.4. The van der Waals surface area contributed by atoms with Crippen LogP contribution in [0.4, 0.5) is 0 Å². The molecule has 96 valence electrons. The average molecular weight is 252 g/mol. The molecular formula is C16H16N2O. The van der Waals surface area contributed by atoms with Crippen molar-refractivity contribution in [1.82, 2.24) is 5.32 Å². The SMILES string of the molecule is COc1ccccc1CNCc1ccccc1C#N. The molecule has 0 amide bonds. The van der Waals surface area contributed by atoms with Crippen molar-refractivity contribution < 1.29 is 4.74 Å². The zero-order valence-electron chi connectivity index (χ0n) is 10.9.